The molecule has 0 spiro atoms. The van der Waals surface area contributed by atoms with E-state index < -0.39 is 0 Å². The van der Waals surface area contributed by atoms with E-state index in [0.717, 1.165) is 0 Å². The maximum Gasteiger partial charge on any atom is 0.0697 e. The minimum Gasteiger partial charge on any atom is -0.394 e. The van der Waals surface area contributed by atoms with Gasteiger partial charge in [-0.2, -0.15) is 0 Å². The van der Waals surface area contributed by atoms with E-state index in [2.05, 4.69) is 13.8 Å². The molecule has 0 radical (unpaired) electrons. The van der Waals surface area contributed by atoms with Crippen LogP contribution in [0.3, 0.4) is 0 Å². The van der Waals surface area contributed by atoms with Crippen molar-refractivity contribution in [1.29, 1.82) is 0 Å². The third kappa shape index (κ3) is 22.7. The highest BCUT2D eigenvalue weighted by Gasteiger charge is 1.83. The molecule has 0 aromatic heterocycles. The Bertz CT molecular complexity index is 64.7. The fourth-order valence-electron chi connectivity index (χ4n) is 1.06. The topological polar surface area (TPSA) is 29.5 Å². The minimum absolute atomic E-state index is 0.133. The quantitative estimate of drug-likeness (QED) is 0.614. The van der Waals surface area contributed by atoms with Gasteiger partial charge in [0.1, 0.15) is 0 Å². The highest BCUT2D eigenvalue weighted by atomic mass is 16.5. The molecule has 0 aliphatic rings. The first kappa shape index (κ1) is 16.4. The molecule has 0 rings (SSSR count). The van der Waals surface area contributed by atoms with Gasteiger partial charge in [-0.1, -0.05) is 52.4 Å². The summed E-state index contributed by atoms with van der Waals surface area (Å²) in [5.41, 5.74) is 0. The summed E-state index contributed by atoms with van der Waals surface area (Å²) < 4.78 is 4.73. The minimum atomic E-state index is 0.133. The molecule has 0 aromatic rings. The molecule has 2 nitrogen and oxygen atoms in total. The van der Waals surface area contributed by atoms with Crippen LogP contribution in [-0.2, 0) is 4.74 Å². The van der Waals surface area contributed by atoms with Crippen molar-refractivity contribution in [2.45, 2.75) is 59.3 Å². The van der Waals surface area contributed by atoms with E-state index in [4.69, 9.17) is 9.84 Å². The molecule has 0 aromatic carbocycles. The summed E-state index contributed by atoms with van der Waals surface area (Å²) >= 11 is 0. The van der Waals surface area contributed by atoms with Crippen LogP contribution in [0.1, 0.15) is 59.3 Å². The second-order valence-electron chi connectivity index (χ2n) is 3.33. The average molecular weight is 204 g/mol. The highest BCUT2D eigenvalue weighted by molar-refractivity contribution is 4.39. The summed E-state index contributed by atoms with van der Waals surface area (Å²) in [5, 5.41) is 8.07. The van der Waals surface area contributed by atoms with Crippen molar-refractivity contribution in [3.05, 3.63) is 0 Å². The Morgan fingerprint density at radius 2 is 1.36 bits per heavy atom. The normalized spacial score (nSPS) is 9.43. The van der Waals surface area contributed by atoms with E-state index in [0.29, 0.717) is 13.2 Å². The van der Waals surface area contributed by atoms with E-state index in [1.54, 1.807) is 0 Å². The molecular weight excluding hydrogens is 176 g/mol. The summed E-state index contributed by atoms with van der Waals surface area (Å²) in [6.45, 7) is 7.71. The van der Waals surface area contributed by atoms with Crippen LogP contribution < -0.4 is 0 Å². The van der Waals surface area contributed by atoms with Gasteiger partial charge in [-0.25, -0.2) is 0 Å². The second-order valence-corrected chi connectivity index (χ2v) is 3.33. The molecule has 0 unspecified atom stereocenters. The van der Waals surface area contributed by atoms with Crippen molar-refractivity contribution in [2.24, 2.45) is 0 Å². The van der Waals surface area contributed by atoms with Crippen molar-refractivity contribution in [3.63, 3.8) is 0 Å². The summed E-state index contributed by atoms with van der Waals surface area (Å²) in [7, 11) is 0. The van der Waals surface area contributed by atoms with Gasteiger partial charge in [-0.15, -0.1) is 0 Å². The lowest BCUT2D eigenvalue weighted by Gasteiger charge is -1.93. The average Bonchev–Trinajstić information content (AvgIpc) is 2.22. The van der Waals surface area contributed by atoms with Crippen LogP contribution in [0.2, 0.25) is 0 Å². The van der Waals surface area contributed by atoms with Crippen LogP contribution in [0.5, 0.6) is 0 Å². The predicted octanol–water partition coefficient (Wildman–Crippen LogP) is 3.38. The molecule has 0 saturated heterocycles. The van der Waals surface area contributed by atoms with Crippen LogP contribution in [0.4, 0.5) is 0 Å². The van der Waals surface area contributed by atoms with Crippen molar-refractivity contribution in [3.8, 4) is 0 Å². The molecule has 0 atom stereocenters. The van der Waals surface area contributed by atoms with E-state index in [1.165, 1.54) is 38.5 Å². The first-order valence-corrected chi connectivity index (χ1v) is 6.01. The zero-order valence-corrected chi connectivity index (χ0v) is 10.2. The number of aliphatic hydroxyl groups is 1. The molecule has 0 saturated carbocycles. The fraction of sp³-hybridized carbons (Fsp3) is 1.00. The zero-order chi connectivity index (χ0) is 11.1. The number of hydrogen-bond donors (Lipinski definition) is 1. The van der Waals surface area contributed by atoms with Crippen molar-refractivity contribution in [1.82, 2.24) is 0 Å². The Kier molecular flexibility index (Phi) is 21.8. The molecule has 1 N–H and O–H groups in total. The monoisotopic (exact) mass is 204 g/mol. The zero-order valence-electron chi connectivity index (χ0n) is 10.2. The number of ether oxygens (including phenoxy) is 1. The maximum absolute atomic E-state index is 8.07. The van der Waals surface area contributed by atoms with E-state index in [-0.39, 0.29) is 6.61 Å². The second kappa shape index (κ2) is 18.7. The summed E-state index contributed by atoms with van der Waals surface area (Å²) in [4.78, 5) is 0. The smallest absolute Gasteiger partial charge is 0.0697 e. The van der Waals surface area contributed by atoms with Gasteiger partial charge in [0.05, 0.1) is 13.2 Å². The molecule has 0 aliphatic carbocycles. The number of hydrogen-bond acceptors (Lipinski definition) is 2. The molecule has 88 valence electrons. The van der Waals surface area contributed by atoms with Crippen LogP contribution in [-0.4, -0.2) is 24.9 Å². The number of rotatable bonds is 8. The van der Waals surface area contributed by atoms with Gasteiger partial charge in [-0.05, 0) is 6.92 Å². The van der Waals surface area contributed by atoms with Gasteiger partial charge in [-0.3, -0.25) is 0 Å². The summed E-state index contributed by atoms with van der Waals surface area (Å²) in [6, 6.07) is 0. The van der Waals surface area contributed by atoms with Gasteiger partial charge >= 0.3 is 0 Å². The lowest BCUT2D eigenvalue weighted by atomic mass is 10.1. The Morgan fingerprint density at radius 1 is 0.857 bits per heavy atom. The summed E-state index contributed by atoms with van der Waals surface area (Å²) in [6.07, 6.45) is 8.49. The van der Waals surface area contributed by atoms with Gasteiger partial charge in [0.15, 0.2) is 0 Å². The number of aliphatic hydroxyl groups excluding tert-OH is 1. The van der Waals surface area contributed by atoms with Gasteiger partial charge < -0.3 is 9.84 Å². The van der Waals surface area contributed by atoms with Crippen LogP contribution >= 0.6 is 0 Å². The molecule has 0 bridgehead atoms. The van der Waals surface area contributed by atoms with Crippen LogP contribution in [0.25, 0.3) is 0 Å². The van der Waals surface area contributed by atoms with Crippen LogP contribution in [0.15, 0.2) is 0 Å². The first-order chi connectivity index (χ1) is 6.83. The molecule has 0 aliphatic heterocycles. The molecule has 0 amide bonds. The lowest BCUT2D eigenvalue weighted by Crippen LogP contribution is -1.96. The van der Waals surface area contributed by atoms with E-state index >= 15 is 0 Å². The van der Waals surface area contributed by atoms with Gasteiger partial charge in [0, 0.05) is 6.61 Å². The van der Waals surface area contributed by atoms with Crippen molar-refractivity contribution >= 4 is 0 Å². The summed E-state index contributed by atoms with van der Waals surface area (Å²) in [5.74, 6) is 0. The van der Waals surface area contributed by atoms with E-state index in [9.17, 15) is 0 Å². The predicted molar refractivity (Wildman–Crippen MR) is 62.6 cm³/mol. The van der Waals surface area contributed by atoms with Crippen molar-refractivity contribution < 1.29 is 9.84 Å². The van der Waals surface area contributed by atoms with Crippen LogP contribution in [0, 0.1) is 0 Å². The SMILES string of the molecule is CCCCCCCC.CCOCCO. The third-order valence-corrected chi connectivity index (χ3v) is 1.90. The number of unbranched alkanes of at least 4 members (excludes halogenated alkanes) is 5. The molecular formula is C12H28O2. The lowest BCUT2D eigenvalue weighted by molar-refractivity contribution is 0.102. The van der Waals surface area contributed by atoms with Gasteiger partial charge in [0.2, 0.25) is 0 Å². The fourth-order valence-corrected chi connectivity index (χ4v) is 1.06. The Balaban J connectivity index is 0. The Hall–Kier alpha value is -0.0800. The molecule has 0 heterocycles. The molecule has 14 heavy (non-hydrogen) atoms. The standard InChI is InChI=1S/C8H18.C4H10O2/c1-3-5-7-8-6-4-2;1-2-6-4-3-5/h3-8H2,1-2H3;5H,2-4H2,1H3. The molecule has 2 heteroatoms. The molecule has 0 fully saturated rings. The first-order valence-electron chi connectivity index (χ1n) is 6.01. The third-order valence-electron chi connectivity index (χ3n) is 1.90. The highest BCUT2D eigenvalue weighted by Crippen LogP contribution is 2.03. The van der Waals surface area contributed by atoms with Gasteiger partial charge in [0.25, 0.3) is 0 Å². The van der Waals surface area contributed by atoms with Crippen molar-refractivity contribution in [2.75, 3.05) is 19.8 Å². The van der Waals surface area contributed by atoms with E-state index in [1.807, 2.05) is 6.92 Å². The Labute approximate surface area is 89.7 Å². The Morgan fingerprint density at radius 3 is 1.57 bits per heavy atom. The maximum atomic E-state index is 8.07. The largest absolute Gasteiger partial charge is 0.394 e.